The summed E-state index contributed by atoms with van der Waals surface area (Å²) in [6.07, 6.45) is 1.96. The van der Waals surface area contributed by atoms with Crippen molar-refractivity contribution in [3.05, 3.63) is 71.8 Å². The fourth-order valence-electron chi connectivity index (χ4n) is 4.25. The van der Waals surface area contributed by atoms with E-state index < -0.39 is 0 Å². The van der Waals surface area contributed by atoms with Gasteiger partial charge in [-0.15, -0.1) is 0 Å². The van der Waals surface area contributed by atoms with Crippen LogP contribution in [0.2, 0.25) is 0 Å². The third-order valence-electron chi connectivity index (χ3n) is 5.41. The second-order valence-corrected chi connectivity index (χ2v) is 6.62. The zero-order valence-corrected chi connectivity index (χ0v) is 14.5. The predicted octanol–water partition coefficient (Wildman–Crippen LogP) is 3.93. The molecule has 2 aromatic rings. The molecule has 3 heteroatoms. The molecule has 24 heavy (non-hydrogen) atoms. The standard InChI is InChI=1S/C21H26N2O/c1-3-17-19(15-11-7-5-8-12-15)22-20(16-13-9-6-10-14-16)18(4-2)21(17)23-24/h5-14,17-20,22,24H,3-4H2,1-2H3/p+1/t17-,18+,19+,20-. The van der Waals surface area contributed by atoms with Crippen LogP contribution in [-0.4, -0.2) is 10.9 Å². The van der Waals surface area contributed by atoms with Gasteiger partial charge in [0.25, 0.3) is 0 Å². The Morgan fingerprint density at radius 3 is 1.54 bits per heavy atom. The van der Waals surface area contributed by atoms with E-state index in [1.54, 1.807) is 0 Å². The number of benzene rings is 2. The molecule has 4 atom stereocenters. The first-order chi connectivity index (χ1) is 11.8. The molecule has 126 valence electrons. The van der Waals surface area contributed by atoms with Crippen molar-refractivity contribution in [2.24, 2.45) is 17.0 Å². The number of rotatable bonds is 4. The van der Waals surface area contributed by atoms with E-state index in [0.717, 1.165) is 18.6 Å². The van der Waals surface area contributed by atoms with Gasteiger partial charge in [0, 0.05) is 11.1 Å². The van der Waals surface area contributed by atoms with Gasteiger partial charge >= 0.3 is 0 Å². The van der Waals surface area contributed by atoms with Crippen LogP contribution in [0.25, 0.3) is 0 Å². The largest absolute Gasteiger partial charge is 0.411 e. The minimum Gasteiger partial charge on any atom is -0.411 e. The molecule has 3 nitrogen and oxygen atoms in total. The summed E-state index contributed by atoms with van der Waals surface area (Å²) >= 11 is 0. The van der Waals surface area contributed by atoms with Gasteiger partial charge in [-0.2, -0.15) is 0 Å². The zero-order chi connectivity index (χ0) is 16.9. The Balaban J connectivity index is 2.04. The summed E-state index contributed by atoms with van der Waals surface area (Å²) in [6, 6.07) is 21.8. The van der Waals surface area contributed by atoms with Crippen LogP contribution in [0.3, 0.4) is 0 Å². The lowest BCUT2D eigenvalue weighted by atomic mass is 9.72. The summed E-state index contributed by atoms with van der Waals surface area (Å²) in [4.78, 5) is 0. The molecule has 0 amide bonds. The lowest BCUT2D eigenvalue weighted by Crippen LogP contribution is -2.91. The minimum absolute atomic E-state index is 0.266. The smallest absolute Gasteiger partial charge is 0.120 e. The molecule has 1 aliphatic rings. The summed E-state index contributed by atoms with van der Waals surface area (Å²) in [6.45, 7) is 4.38. The third kappa shape index (κ3) is 3.09. The molecular formula is C21H27N2O+. The number of nitrogens with two attached hydrogens (primary N) is 1. The highest BCUT2D eigenvalue weighted by Crippen LogP contribution is 2.36. The number of hydrogen-bond acceptors (Lipinski definition) is 2. The quantitative estimate of drug-likeness (QED) is 0.650. The van der Waals surface area contributed by atoms with Crippen molar-refractivity contribution >= 4 is 5.71 Å². The van der Waals surface area contributed by atoms with Crippen molar-refractivity contribution in [2.45, 2.75) is 38.8 Å². The first-order valence-electron chi connectivity index (χ1n) is 8.96. The van der Waals surface area contributed by atoms with Gasteiger partial charge in [-0.3, -0.25) is 0 Å². The van der Waals surface area contributed by atoms with E-state index in [0.29, 0.717) is 0 Å². The SMILES string of the molecule is CC[C@@H]1C(=NO)[C@H](CC)[C@H](c2ccccc2)[NH2+][C@@H]1c1ccccc1. The molecule has 0 spiro atoms. The average molecular weight is 323 g/mol. The van der Waals surface area contributed by atoms with E-state index >= 15 is 0 Å². The van der Waals surface area contributed by atoms with Crippen LogP contribution < -0.4 is 5.32 Å². The van der Waals surface area contributed by atoms with Crippen LogP contribution in [0.1, 0.15) is 49.9 Å². The second-order valence-electron chi connectivity index (χ2n) is 6.62. The molecule has 2 aromatic carbocycles. The fourth-order valence-corrected chi connectivity index (χ4v) is 4.25. The van der Waals surface area contributed by atoms with Gasteiger partial charge < -0.3 is 10.5 Å². The third-order valence-corrected chi connectivity index (χ3v) is 5.41. The van der Waals surface area contributed by atoms with E-state index in [-0.39, 0.29) is 23.9 Å². The van der Waals surface area contributed by atoms with E-state index in [1.807, 2.05) is 0 Å². The number of quaternary nitrogens is 1. The molecule has 3 N–H and O–H groups in total. The number of nitrogens with zero attached hydrogens (tertiary/aromatic N) is 1. The molecule has 0 radical (unpaired) electrons. The summed E-state index contributed by atoms with van der Waals surface area (Å²) in [5.41, 5.74) is 3.58. The van der Waals surface area contributed by atoms with Crippen molar-refractivity contribution in [3.8, 4) is 0 Å². The molecule has 1 fully saturated rings. The van der Waals surface area contributed by atoms with E-state index in [4.69, 9.17) is 0 Å². The van der Waals surface area contributed by atoms with Gasteiger partial charge in [-0.05, 0) is 12.8 Å². The maximum absolute atomic E-state index is 9.80. The Morgan fingerprint density at radius 2 is 1.21 bits per heavy atom. The van der Waals surface area contributed by atoms with Crippen molar-refractivity contribution in [2.75, 3.05) is 0 Å². The van der Waals surface area contributed by atoms with Gasteiger partial charge in [0.2, 0.25) is 0 Å². The Morgan fingerprint density at radius 1 is 0.792 bits per heavy atom. The highest BCUT2D eigenvalue weighted by atomic mass is 16.4. The molecule has 3 rings (SSSR count). The van der Waals surface area contributed by atoms with Gasteiger partial charge in [0.05, 0.1) is 17.5 Å². The summed E-state index contributed by atoms with van der Waals surface area (Å²) in [5.74, 6) is 0.532. The average Bonchev–Trinajstić information content (AvgIpc) is 2.67. The lowest BCUT2D eigenvalue weighted by molar-refractivity contribution is -0.748. The number of oxime groups is 1. The van der Waals surface area contributed by atoms with Crippen LogP contribution in [0.5, 0.6) is 0 Å². The lowest BCUT2D eigenvalue weighted by Gasteiger charge is -2.40. The topological polar surface area (TPSA) is 49.2 Å². The predicted molar refractivity (Wildman–Crippen MR) is 97.1 cm³/mol. The van der Waals surface area contributed by atoms with E-state index in [1.165, 1.54) is 11.1 Å². The van der Waals surface area contributed by atoms with Crippen LogP contribution in [0.4, 0.5) is 0 Å². The molecule has 1 aliphatic heterocycles. The molecule has 0 unspecified atom stereocenters. The van der Waals surface area contributed by atoms with Crippen molar-refractivity contribution in [1.82, 2.24) is 0 Å². The van der Waals surface area contributed by atoms with Crippen molar-refractivity contribution in [3.63, 3.8) is 0 Å². The van der Waals surface area contributed by atoms with Crippen LogP contribution in [0, 0.1) is 11.8 Å². The monoisotopic (exact) mass is 323 g/mol. The highest BCUT2D eigenvalue weighted by Gasteiger charge is 2.45. The normalized spacial score (nSPS) is 28.8. The number of hydrogen-bond donors (Lipinski definition) is 2. The van der Waals surface area contributed by atoms with Crippen LogP contribution >= 0.6 is 0 Å². The molecule has 1 heterocycles. The van der Waals surface area contributed by atoms with Crippen LogP contribution in [0.15, 0.2) is 65.8 Å². The minimum atomic E-state index is 0.266. The molecule has 0 saturated carbocycles. The van der Waals surface area contributed by atoms with E-state index in [9.17, 15) is 5.21 Å². The Hall–Kier alpha value is -2.13. The zero-order valence-electron chi connectivity index (χ0n) is 14.5. The van der Waals surface area contributed by atoms with Crippen LogP contribution in [-0.2, 0) is 0 Å². The van der Waals surface area contributed by atoms with Gasteiger partial charge in [0.15, 0.2) is 0 Å². The first-order valence-corrected chi connectivity index (χ1v) is 8.96. The summed E-state index contributed by atoms with van der Waals surface area (Å²) in [5, 5.41) is 16.1. The van der Waals surface area contributed by atoms with Crippen molar-refractivity contribution < 1.29 is 10.5 Å². The maximum Gasteiger partial charge on any atom is 0.120 e. The maximum atomic E-state index is 9.80. The Bertz CT molecular complexity index is 613. The highest BCUT2D eigenvalue weighted by molar-refractivity contribution is 5.90. The Labute approximate surface area is 144 Å². The number of piperidine rings is 1. The van der Waals surface area contributed by atoms with Gasteiger partial charge in [0.1, 0.15) is 12.1 Å². The van der Waals surface area contributed by atoms with Crippen molar-refractivity contribution in [1.29, 1.82) is 0 Å². The molecule has 1 saturated heterocycles. The van der Waals surface area contributed by atoms with Gasteiger partial charge in [-0.25, -0.2) is 0 Å². The Kier molecular flexibility index (Phi) is 5.31. The van der Waals surface area contributed by atoms with E-state index in [2.05, 4.69) is 85.0 Å². The fraction of sp³-hybridized carbons (Fsp3) is 0.381. The molecule has 0 aromatic heterocycles. The summed E-state index contributed by atoms with van der Waals surface area (Å²) < 4.78 is 0. The first kappa shape index (κ1) is 16.7. The molecular weight excluding hydrogens is 296 g/mol. The molecule has 0 aliphatic carbocycles. The molecule has 0 bridgehead atoms. The second kappa shape index (κ2) is 7.63. The van der Waals surface area contributed by atoms with Gasteiger partial charge in [-0.1, -0.05) is 79.7 Å². The summed E-state index contributed by atoms with van der Waals surface area (Å²) in [7, 11) is 0.